The van der Waals surface area contributed by atoms with E-state index in [0.29, 0.717) is 18.5 Å². The molecule has 0 saturated heterocycles. The van der Waals surface area contributed by atoms with Crippen LogP contribution in [0.4, 0.5) is 0 Å². The van der Waals surface area contributed by atoms with Crippen LogP contribution < -0.4 is 0 Å². The molecule has 14 heavy (non-hydrogen) atoms. The third-order valence-corrected chi connectivity index (χ3v) is 2.27. The fraction of sp³-hybridized carbons (Fsp3) is 0.667. The molecular formula is C9H15NO3S. The van der Waals surface area contributed by atoms with Crippen molar-refractivity contribution in [1.82, 2.24) is 4.90 Å². The first-order chi connectivity index (χ1) is 6.54. The fourth-order valence-corrected chi connectivity index (χ4v) is 1.15. The van der Waals surface area contributed by atoms with Crippen LogP contribution >= 0.6 is 12.6 Å². The van der Waals surface area contributed by atoms with E-state index in [2.05, 4.69) is 12.6 Å². The van der Waals surface area contributed by atoms with E-state index in [9.17, 15) is 14.4 Å². The highest BCUT2D eigenvalue weighted by molar-refractivity contribution is 7.80. The Kier molecular flexibility index (Phi) is 6.19. The molecule has 0 fully saturated rings. The van der Waals surface area contributed by atoms with Gasteiger partial charge in [0.25, 0.3) is 0 Å². The van der Waals surface area contributed by atoms with E-state index in [0.717, 1.165) is 0 Å². The van der Waals surface area contributed by atoms with E-state index in [1.165, 1.54) is 4.90 Å². The molecule has 0 aliphatic carbocycles. The zero-order chi connectivity index (χ0) is 11.1. The number of likely N-dealkylation sites (N-methyl/N-ethyl adjacent to an activating group) is 1. The van der Waals surface area contributed by atoms with Crippen LogP contribution in [0, 0.1) is 0 Å². The lowest BCUT2D eigenvalue weighted by Gasteiger charge is -2.22. The highest BCUT2D eigenvalue weighted by Gasteiger charge is 2.20. The molecule has 0 aliphatic heterocycles. The van der Waals surface area contributed by atoms with Crippen molar-refractivity contribution >= 4 is 30.6 Å². The summed E-state index contributed by atoms with van der Waals surface area (Å²) >= 11 is 3.93. The minimum atomic E-state index is -0.535. The Bertz CT molecular complexity index is 230. The monoisotopic (exact) mass is 217 g/mol. The van der Waals surface area contributed by atoms with Crippen molar-refractivity contribution in [2.75, 3.05) is 12.8 Å². The highest BCUT2D eigenvalue weighted by atomic mass is 32.1. The summed E-state index contributed by atoms with van der Waals surface area (Å²) in [4.78, 5) is 34.0. The molecule has 0 N–H and O–H groups in total. The molecule has 4 nitrogen and oxygen atoms in total. The van der Waals surface area contributed by atoms with Crippen LogP contribution in [-0.4, -0.2) is 41.7 Å². The third kappa shape index (κ3) is 3.91. The lowest BCUT2D eigenvalue weighted by atomic mass is 10.1. The van der Waals surface area contributed by atoms with E-state index in [1.54, 1.807) is 14.0 Å². The van der Waals surface area contributed by atoms with Gasteiger partial charge in [0.1, 0.15) is 6.29 Å². The molecule has 0 radical (unpaired) electrons. The number of amides is 1. The van der Waals surface area contributed by atoms with Crippen LogP contribution in [0.3, 0.4) is 0 Å². The second kappa shape index (κ2) is 6.59. The SMILES string of the molecule is CC(C(=O)CC=O)N(C)C(=O)CCS. The number of carbonyl (C=O) groups is 3. The molecule has 0 aromatic heterocycles. The van der Waals surface area contributed by atoms with Crippen LogP contribution in [0.5, 0.6) is 0 Å². The summed E-state index contributed by atoms with van der Waals surface area (Å²) in [6, 6.07) is -0.535. The number of ketones is 1. The standard InChI is InChI=1S/C9H15NO3S/c1-7(8(12)3-5-11)10(2)9(13)4-6-14/h5,7,14H,3-4,6H2,1-2H3. The minimum Gasteiger partial charge on any atom is -0.336 e. The molecule has 1 amide bonds. The Balaban J connectivity index is 4.22. The topological polar surface area (TPSA) is 54.5 Å². The van der Waals surface area contributed by atoms with Gasteiger partial charge in [0.15, 0.2) is 5.78 Å². The smallest absolute Gasteiger partial charge is 0.223 e. The summed E-state index contributed by atoms with van der Waals surface area (Å²) in [6.07, 6.45) is 0.716. The summed E-state index contributed by atoms with van der Waals surface area (Å²) in [6.45, 7) is 1.61. The second-order valence-corrected chi connectivity index (χ2v) is 3.44. The van der Waals surface area contributed by atoms with Gasteiger partial charge in [-0.25, -0.2) is 0 Å². The van der Waals surface area contributed by atoms with E-state index < -0.39 is 6.04 Å². The van der Waals surface area contributed by atoms with Gasteiger partial charge in [-0.2, -0.15) is 12.6 Å². The normalized spacial score (nSPS) is 11.9. The molecular weight excluding hydrogens is 202 g/mol. The highest BCUT2D eigenvalue weighted by Crippen LogP contribution is 2.02. The summed E-state index contributed by atoms with van der Waals surface area (Å²) < 4.78 is 0. The molecule has 0 bridgehead atoms. The van der Waals surface area contributed by atoms with Crippen LogP contribution in [-0.2, 0) is 14.4 Å². The van der Waals surface area contributed by atoms with Crippen molar-refractivity contribution in [2.45, 2.75) is 25.8 Å². The maximum atomic E-state index is 11.3. The van der Waals surface area contributed by atoms with Gasteiger partial charge >= 0.3 is 0 Å². The molecule has 0 saturated carbocycles. The minimum absolute atomic E-state index is 0.133. The third-order valence-electron chi connectivity index (χ3n) is 2.05. The summed E-state index contributed by atoms with van der Waals surface area (Å²) in [5, 5.41) is 0. The van der Waals surface area contributed by atoms with Gasteiger partial charge in [0.2, 0.25) is 5.91 Å². The molecule has 0 spiro atoms. The molecule has 0 aromatic rings. The van der Waals surface area contributed by atoms with Crippen molar-refractivity contribution in [3.8, 4) is 0 Å². The van der Waals surface area contributed by atoms with Crippen LogP contribution in [0.2, 0.25) is 0 Å². The van der Waals surface area contributed by atoms with E-state index in [4.69, 9.17) is 0 Å². The predicted molar refractivity (Wildman–Crippen MR) is 56.4 cm³/mol. The van der Waals surface area contributed by atoms with Gasteiger partial charge in [-0.05, 0) is 12.7 Å². The van der Waals surface area contributed by atoms with Crippen molar-refractivity contribution in [2.24, 2.45) is 0 Å². The second-order valence-electron chi connectivity index (χ2n) is 2.99. The van der Waals surface area contributed by atoms with E-state index in [-0.39, 0.29) is 18.1 Å². The molecule has 5 heteroatoms. The number of carbonyl (C=O) groups excluding carboxylic acids is 3. The molecule has 0 aliphatic rings. The Hall–Kier alpha value is -0.840. The number of rotatable bonds is 6. The number of hydrogen-bond acceptors (Lipinski definition) is 4. The number of thiol groups is 1. The molecule has 1 unspecified atom stereocenters. The van der Waals surface area contributed by atoms with E-state index >= 15 is 0 Å². The Morgan fingerprint density at radius 1 is 1.50 bits per heavy atom. The molecule has 0 heterocycles. The summed E-state index contributed by atoms with van der Waals surface area (Å²) in [5.74, 6) is 0.0827. The number of Topliss-reactive ketones (excluding diaryl/α,β-unsaturated/α-hetero) is 1. The van der Waals surface area contributed by atoms with Gasteiger partial charge < -0.3 is 9.69 Å². The average molecular weight is 217 g/mol. The van der Waals surface area contributed by atoms with Gasteiger partial charge in [-0.15, -0.1) is 0 Å². The molecule has 1 atom stereocenters. The molecule has 0 rings (SSSR count). The first kappa shape index (κ1) is 13.2. The molecule has 0 aromatic carbocycles. The van der Waals surface area contributed by atoms with Gasteiger partial charge in [0.05, 0.1) is 12.5 Å². The zero-order valence-corrected chi connectivity index (χ0v) is 9.29. The number of nitrogens with zero attached hydrogens (tertiary/aromatic N) is 1. The number of aldehydes is 1. The first-order valence-electron chi connectivity index (χ1n) is 4.37. The Morgan fingerprint density at radius 3 is 2.50 bits per heavy atom. The summed E-state index contributed by atoms with van der Waals surface area (Å²) in [7, 11) is 1.55. The van der Waals surface area contributed by atoms with Crippen LogP contribution in [0.25, 0.3) is 0 Å². The van der Waals surface area contributed by atoms with Gasteiger partial charge in [-0.3, -0.25) is 9.59 Å². The fourth-order valence-electron chi connectivity index (χ4n) is 0.957. The maximum Gasteiger partial charge on any atom is 0.223 e. The Morgan fingerprint density at radius 2 is 2.07 bits per heavy atom. The van der Waals surface area contributed by atoms with Crippen molar-refractivity contribution in [3.05, 3.63) is 0 Å². The van der Waals surface area contributed by atoms with Crippen LogP contribution in [0.1, 0.15) is 19.8 Å². The van der Waals surface area contributed by atoms with Crippen molar-refractivity contribution in [3.63, 3.8) is 0 Å². The van der Waals surface area contributed by atoms with Crippen LogP contribution in [0.15, 0.2) is 0 Å². The largest absolute Gasteiger partial charge is 0.336 e. The maximum absolute atomic E-state index is 11.3. The van der Waals surface area contributed by atoms with Crippen molar-refractivity contribution in [1.29, 1.82) is 0 Å². The predicted octanol–water partition coefficient (Wildman–Crippen LogP) is 0.311. The zero-order valence-electron chi connectivity index (χ0n) is 8.40. The quantitative estimate of drug-likeness (QED) is 0.396. The van der Waals surface area contributed by atoms with Crippen molar-refractivity contribution < 1.29 is 14.4 Å². The molecule has 80 valence electrons. The Labute approximate surface area is 89.1 Å². The lowest BCUT2D eigenvalue weighted by molar-refractivity contribution is -0.137. The number of hydrogen-bond donors (Lipinski definition) is 1. The van der Waals surface area contributed by atoms with Gasteiger partial charge in [-0.1, -0.05) is 0 Å². The lowest BCUT2D eigenvalue weighted by Crippen LogP contribution is -2.40. The van der Waals surface area contributed by atoms with Gasteiger partial charge in [0, 0.05) is 13.5 Å². The average Bonchev–Trinajstić information content (AvgIpc) is 2.16. The summed E-state index contributed by atoms with van der Waals surface area (Å²) in [5.41, 5.74) is 0. The van der Waals surface area contributed by atoms with E-state index in [1.807, 2.05) is 0 Å². The first-order valence-corrected chi connectivity index (χ1v) is 5.00.